The van der Waals surface area contributed by atoms with Crippen LogP contribution in [0.1, 0.15) is 5.56 Å². The minimum Gasteiger partial charge on any atom is -0.481 e. The molecule has 1 rings (SSSR count). The molecule has 0 spiro atoms. The van der Waals surface area contributed by atoms with Crippen LogP contribution < -0.4 is 4.74 Å². The van der Waals surface area contributed by atoms with Crippen LogP contribution in [-0.4, -0.2) is 17.4 Å². The SMILES string of the molecule is O=C(O)Cc1c(I)cccc1OC(F)(F)F. The average Bonchev–Trinajstić information content (AvgIpc) is 2.08. The number of carboxylic acid groups (broad SMARTS) is 1. The van der Waals surface area contributed by atoms with Gasteiger partial charge in [-0.1, -0.05) is 6.07 Å². The van der Waals surface area contributed by atoms with Crippen molar-refractivity contribution in [2.24, 2.45) is 0 Å². The highest BCUT2D eigenvalue weighted by Gasteiger charge is 2.32. The predicted octanol–water partition coefficient (Wildman–Crippen LogP) is 2.82. The highest BCUT2D eigenvalue weighted by Crippen LogP contribution is 2.29. The first-order valence-corrected chi connectivity index (χ1v) is 5.12. The Kier molecular flexibility index (Phi) is 4.00. The van der Waals surface area contributed by atoms with Crippen LogP contribution in [0.15, 0.2) is 18.2 Å². The summed E-state index contributed by atoms with van der Waals surface area (Å²) in [5.74, 6) is -1.68. The van der Waals surface area contributed by atoms with Gasteiger partial charge < -0.3 is 9.84 Å². The van der Waals surface area contributed by atoms with E-state index in [1.165, 1.54) is 12.1 Å². The maximum atomic E-state index is 12.0. The molecular weight excluding hydrogens is 340 g/mol. The van der Waals surface area contributed by atoms with E-state index in [2.05, 4.69) is 4.74 Å². The third-order valence-corrected chi connectivity index (χ3v) is 2.64. The fourth-order valence-electron chi connectivity index (χ4n) is 1.08. The second-order valence-electron chi connectivity index (χ2n) is 2.83. The van der Waals surface area contributed by atoms with Crippen LogP contribution >= 0.6 is 22.6 Å². The van der Waals surface area contributed by atoms with E-state index in [0.29, 0.717) is 3.57 Å². The molecule has 0 aromatic heterocycles. The number of ether oxygens (including phenoxy) is 1. The fraction of sp³-hybridized carbons (Fsp3) is 0.222. The van der Waals surface area contributed by atoms with Crippen LogP contribution in [0.5, 0.6) is 5.75 Å². The molecule has 0 bridgehead atoms. The molecule has 88 valence electrons. The molecule has 0 heterocycles. The largest absolute Gasteiger partial charge is 0.573 e. The summed E-state index contributed by atoms with van der Waals surface area (Å²) in [5, 5.41) is 8.57. The van der Waals surface area contributed by atoms with Gasteiger partial charge in [-0.05, 0) is 34.7 Å². The molecule has 16 heavy (non-hydrogen) atoms. The predicted molar refractivity (Wildman–Crippen MR) is 57.2 cm³/mol. The fourth-order valence-corrected chi connectivity index (χ4v) is 1.75. The van der Waals surface area contributed by atoms with E-state index in [0.717, 1.165) is 6.07 Å². The highest BCUT2D eigenvalue weighted by molar-refractivity contribution is 14.1. The topological polar surface area (TPSA) is 46.5 Å². The van der Waals surface area contributed by atoms with Crippen LogP contribution in [-0.2, 0) is 11.2 Å². The van der Waals surface area contributed by atoms with Crippen LogP contribution in [0.3, 0.4) is 0 Å². The minimum atomic E-state index is -4.82. The molecule has 0 fully saturated rings. The lowest BCUT2D eigenvalue weighted by molar-refractivity contribution is -0.275. The van der Waals surface area contributed by atoms with E-state index in [-0.39, 0.29) is 5.56 Å². The Labute approximate surface area is 102 Å². The van der Waals surface area contributed by atoms with Crippen molar-refractivity contribution < 1.29 is 27.8 Å². The van der Waals surface area contributed by atoms with Crippen molar-refractivity contribution in [1.29, 1.82) is 0 Å². The minimum absolute atomic E-state index is 0.0212. The molecule has 1 aromatic rings. The number of hydrogen-bond donors (Lipinski definition) is 1. The van der Waals surface area contributed by atoms with E-state index in [4.69, 9.17) is 5.11 Å². The quantitative estimate of drug-likeness (QED) is 0.857. The molecule has 7 heteroatoms. The molecule has 0 unspecified atom stereocenters. The highest BCUT2D eigenvalue weighted by atomic mass is 127. The Morgan fingerprint density at radius 2 is 2.06 bits per heavy atom. The summed E-state index contributed by atoms with van der Waals surface area (Å²) in [6.45, 7) is 0. The molecule has 0 radical (unpaired) electrons. The third-order valence-electron chi connectivity index (χ3n) is 1.63. The summed E-state index contributed by atoms with van der Waals surface area (Å²) in [6, 6.07) is 3.98. The summed E-state index contributed by atoms with van der Waals surface area (Å²) in [4.78, 5) is 10.5. The first kappa shape index (κ1) is 13.1. The van der Waals surface area contributed by atoms with Gasteiger partial charge in [0.25, 0.3) is 0 Å². The van der Waals surface area contributed by atoms with Crippen LogP contribution in [0, 0.1) is 3.57 Å². The summed E-state index contributed by atoms with van der Waals surface area (Å²) in [6.07, 6.45) is -5.33. The van der Waals surface area contributed by atoms with Gasteiger partial charge in [-0.2, -0.15) is 0 Å². The first-order chi connectivity index (χ1) is 7.29. The van der Waals surface area contributed by atoms with Crippen molar-refractivity contribution in [3.8, 4) is 5.75 Å². The number of aliphatic carboxylic acids is 1. The summed E-state index contributed by atoms with van der Waals surface area (Å²) in [7, 11) is 0. The van der Waals surface area contributed by atoms with Gasteiger partial charge in [0, 0.05) is 9.13 Å². The molecule has 1 aromatic carbocycles. The lowest BCUT2D eigenvalue weighted by Crippen LogP contribution is -2.19. The third kappa shape index (κ3) is 3.87. The van der Waals surface area contributed by atoms with Crippen molar-refractivity contribution in [2.45, 2.75) is 12.8 Å². The zero-order chi connectivity index (χ0) is 12.3. The summed E-state index contributed by atoms with van der Waals surface area (Å²) < 4.78 is 40.2. The van der Waals surface area contributed by atoms with E-state index in [1.807, 2.05) is 0 Å². The smallest absolute Gasteiger partial charge is 0.481 e. The van der Waals surface area contributed by atoms with Crippen LogP contribution in [0.2, 0.25) is 0 Å². The zero-order valence-corrected chi connectivity index (χ0v) is 9.87. The molecule has 0 aliphatic heterocycles. The molecule has 3 nitrogen and oxygen atoms in total. The van der Waals surface area contributed by atoms with E-state index in [1.54, 1.807) is 22.6 Å². The number of benzene rings is 1. The normalized spacial score (nSPS) is 11.2. The van der Waals surface area contributed by atoms with Gasteiger partial charge in [-0.3, -0.25) is 4.79 Å². The van der Waals surface area contributed by atoms with E-state index in [9.17, 15) is 18.0 Å². The van der Waals surface area contributed by atoms with Crippen LogP contribution in [0.4, 0.5) is 13.2 Å². The Morgan fingerprint density at radius 3 is 2.56 bits per heavy atom. The van der Waals surface area contributed by atoms with E-state index >= 15 is 0 Å². The zero-order valence-electron chi connectivity index (χ0n) is 7.71. The van der Waals surface area contributed by atoms with Crippen molar-refractivity contribution in [3.63, 3.8) is 0 Å². The van der Waals surface area contributed by atoms with Crippen LogP contribution in [0.25, 0.3) is 0 Å². The van der Waals surface area contributed by atoms with Gasteiger partial charge in [-0.25, -0.2) is 0 Å². The molecule has 0 saturated carbocycles. The molecule has 0 aliphatic rings. The maximum absolute atomic E-state index is 12.0. The van der Waals surface area contributed by atoms with E-state index < -0.39 is 24.5 Å². The number of carboxylic acids is 1. The monoisotopic (exact) mass is 346 g/mol. The standard InChI is InChI=1S/C9H6F3IO3/c10-9(11,12)16-7-3-1-2-6(13)5(7)4-8(14)15/h1-3H,4H2,(H,14,15). The molecule has 0 saturated heterocycles. The molecule has 1 N–H and O–H groups in total. The van der Waals surface area contributed by atoms with Gasteiger partial charge in [0.05, 0.1) is 6.42 Å². The molecular formula is C9H6F3IO3. The number of hydrogen-bond acceptors (Lipinski definition) is 2. The van der Waals surface area contributed by atoms with Gasteiger partial charge in [0.15, 0.2) is 0 Å². The van der Waals surface area contributed by atoms with Crippen molar-refractivity contribution >= 4 is 28.6 Å². The van der Waals surface area contributed by atoms with Gasteiger partial charge in [-0.15, -0.1) is 13.2 Å². The molecule has 0 aliphatic carbocycles. The lowest BCUT2D eigenvalue weighted by Gasteiger charge is -2.13. The lowest BCUT2D eigenvalue weighted by atomic mass is 10.1. The maximum Gasteiger partial charge on any atom is 0.573 e. The van der Waals surface area contributed by atoms with Gasteiger partial charge in [0.2, 0.25) is 0 Å². The number of rotatable bonds is 3. The second kappa shape index (κ2) is 4.89. The number of carbonyl (C=O) groups is 1. The Hall–Kier alpha value is -0.990. The summed E-state index contributed by atoms with van der Waals surface area (Å²) >= 11 is 1.76. The Morgan fingerprint density at radius 1 is 1.44 bits per heavy atom. The summed E-state index contributed by atoms with van der Waals surface area (Å²) in [5.41, 5.74) is 0.0212. The number of alkyl halides is 3. The Bertz CT molecular complexity index is 403. The number of halogens is 4. The van der Waals surface area contributed by atoms with Crippen molar-refractivity contribution in [3.05, 3.63) is 27.3 Å². The average molecular weight is 346 g/mol. The molecule has 0 amide bonds. The Balaban J connectivity index is 3.07. The van der Waals surface area contributed by atoms with Crippen molar-refractivity contribution in [1.82, 2.24) is 0 Å². The van der Waals surface area contributed by atoms with Gasteiger partial charge in [0.1, 0.15) is 5.75 Å². The molecule has 0 atom stereocenters. The first-order valence-electron chi connectivity index (χ1n) is 4.04. The van der Waals surface area contributed by atoms with Gasteiger partial charge >= 0.3 is 12.3 Å². The second-order valence-corrected chi connectivity index (χ2v) is 4.00. The van der Waals surface area contributed by atoms with Crippen molar-refractivity contribution in [2.75, 3.05) is 0 Å².